The number of anilines is 1. The van der Waals surface area contributed by atoms with E-state index in [1.807, 2.05) is 11.2 Å². The van der Waals surface area contributed by atoms with Gasteiger partial charge in [-0.25, -0.2) is 9.97 Å². The average Bonchev–Trinajstić information content (AvgIpc) is 2.92. The van der Waals surface area contributed by atoms with E-state index in [0.717, 1.165) is 12.8 Å². The van der Waals surface area contributed by atoms with Gasteiger partial charge in [0, 0.05) is 18.3 Å². The number of hydrogen-bond acceptors (Lipinski definition) is 6. The highest BCUT2D eigenvalue weighted by Gasteiger charge is 2.34. The monoisotopic (exact) mass is 279 g/mol. The highest BCUT2D eigenvalue weighted by Crippen LogP contribution is 2.36. The Balaban J connectivity index is 2.06. The molecular formula is C13H17N3O2S. The van der Waals surface area contributed by atoms with Crippen molar-refractivity contribution < 1.29 is 10.2 Å². The van der Waals surface area contributed by atoms with E-state index >= 15 is 0 Å². The first kappa shape index (κ1) is 12.7. The summed E-state index contributed by atoms with van der Waals surface area (Å²) in [7, 11) is 0. The molecule has 2 heterocycles. The molecule has 2 aliphatic rings. The number of rotatable bonds is 2. The van der Waals surface area contributed by atoms with E-state index in [1.165, 1.54) is 30.7 Å². The smallest absolute Gasteiger partial charge is 0.189 e. The minimum Gasteiger partial charge on any atom is -0.507 e. The Bertz CT molecular complexity index is 515. The second kappa shape index (κ2) is 5.02. The third-order valence-corrected chi connectivity index (χ3v) is 4.32. The lowest BCUT2D eigenvalue weighted by atomic mass is 10.1. The van der Waals surface area contributed by atoms with Crippen LogP contribution in [0.25, 0.3) is 5.76 Å². The van der Waals surface area contributed by atoms with Gasteiger partial charge in [-0.3, -0.25) is 0 Å². The van der Waals surface area contributed by atoms with Crippen molar-refractivity contribution in [2.45, 2.75) is 43.1 Å². The molecule has 0 bridgehead atoms. The Labute approximate surface area is 116 Å². The number of aliphatic hydroxyl groups is 2. The summed E-state index contributed by atoms with van der Waals surface area (Å²) < 4.78 is 0. The number of aromatic nitrogens is 2. The van der Waals surface area contributed by atoms with E-state index in [4.69, 9.17) is 0 Å². The average molecular weight is 279 g/mol. The number of fused-ring (bicyclic) bond motifs is 1. The summed E-state index contributed by atoms with van der Waals surface area (Å²) in [6.07, 6.45) is 8.68. The fourth-order valence-corrected chi connectivity index (χ4v) is 3.18. The minimum atomic E-state index is -0.805. The van der Waals surface area contributed by atoms with E-state index in [-0.39, 0.29) is 5.76 Å². The lowest BCUT2D eigenvalue weighted by Crippen LogP contribution is -2.44. The molecule has 102 valence electrons. The van der Waals surface area contributed by atoms with Crippen molar-refractivity contribution in [3.63, 3.8) is 0 Å². The Morgan fingerprint density at radius 1 is 1.37 bits per heavy atom. The molecule has 19 heavy (non-hydrogen) atoms. The SMILES string of the molecule is CSc1ncc2c(n1)N(C1CCCC1)C(O)C=C2O. The van der Waals surface area contributed by atoms with Crippen molar-refractivity contribution in [3.05, 3.63) is 17.8 Å². The standard InChI is InChI=1S/C13H17N3O2S/c1-19-13-14-7-9-10(17)6-11(18)16(12(9)15-13)8-4-2-3-5-8/h6-8,11,17-18H,2-5H2,1H3. The molecule has 0 radical (unpaired) electrons. The van der Waals surface area contributed by atoms with Gasteiger partial charge in [-0.2, -0.15) is 0 Å². The lowest BCUT2D eigenvalue weighted by Gasteiger charge is -2.36. The maximum absolute atomic E-state index is 10.2. The molecule has 0 saturated heterocycles. The van der Waals surface area contributed by atoms with Gasteiger partial charge in [-0.15, -0.1) is 0 Å². The predicted molar refractivity (Wildman–Crippen MR) is 75.2 cm³/mol. The molecule has 1 aromatic rings. The summed E-state index contributed by atoms with van der Waals surface area (Å²) in [5, 5.41) is 20.8. The summed E-state index contributed by atoms with van der Waals surface area (Å²) in [5.74, 6) is 0.711. The Morgan fingerprint density at radius 2 is 2.11 bits per heavy atom. The van der Waals surface area contributed by atoms with Gasteiger partial charge in [0.25, 0.3) is 0 Å². The molecule has 1 aliphatic carbocycles. The van der Waals surface area contributed by atoms with Crippen LogP contribution in [0, 0.1) is 0 Å². The lowest BCUT2D eigenvalue weighted by molar-refractivity contribution is 0.198. The van der Waals surface area contributed by atoms with Crippen LogP contribution < -0.4 is 4.90 Å². The summed E-state index contributed by atoms with van der Waals surface area (Å²) >= 11 is 1.46. The summed E-state index contributed by atoms with van der Waals surface area (Å²) in [5.41, 5.74) is 0.606. The fourth-order valence-electron chi connectivity index (χ4n) is 2.84. The second-order valence-corrected chi connectivity index (χ2v) is 5.68. The molecule has 6 heteroatoms. The van der Waals surface area contributed by atoms with Crippen molar-refractivity contribution in [3.8, 4) is 0 Å². The number of hydrogen-bond donors (Lipinski definition) is 2. The maximum Gasteiger partial charge on any atom is 0.189 e. The van der Waals surface area contributed by atoms with Gasteiger partial charge in [-0.1, -0.05) is 24.6 Å². The maximum atomic E-state index is 10.2. The van der Waals surface area contributed by atoms with Gasteiger partial charge in [0.2, 0.25) is 0 Å². The van der Waals surface area contributed by atoms with Crippen LogP contribution in [0.5, 0.6) is 0 Å². The fraction of sp³-hybridized carbons (Fsp3) is 0.538. The largest absolute Gasteiger partial charge is 0.507 e. The molecule has 2 N–H and O–H groups in total. The highest BCUT2D eigenvalue weighted by molar-refractivity contribution is 7.98. The summed E-state index contributed by atoms with van der Waals surface area (Å²) in [6, 6.07) is 0.294. The molecule has 1 unspecified atom stereocenters. The summed E-state index contributed by atoms with van der Waals surface area (Å²) in [6.45, 7) is 0. The van der Waals surface area contributed by atoms with Crippen molar-refractivity contribution in [2.75, 3.05) is 11.2 Å². The van der Waals surface area contributed by atoms with E-state index in [1.54, 1.807) is 6.20 Å². The molecule has 3 rings (SSSR count). The highest BCUT2D eigenvalue weighted by atomic mass is 32.2. The zero-order chi connectivity index (χ0) is 13.4. The summed E-state index contributed by atoms with van der Waals surface area (Å²) in [4.78, 5) is 10.6. The molecule has 1 saturated carbocycles. The number of aliphatic hydroxyl groups excluding tert-OH is 2. The minimum absolute atomic E-state index is 0.0596. The van der Waals surface area contributed by atoms with Crippen molar-refractivity contribution in [1.82, 2.24) is 9.97 Å². The first-order chi connectivity index (χ1) is 9.20. The van der Waals surface area contributed by atoms with Crippen molar-refractivity contribution in [2.24, 2.45) is 0 Å². The molecular weight excluding hydrogens is 262 g/mol. The van der Waals surface area contributed by atoms with E-state index in [2.05, 4.69) is 9.97 Å². The van der Waals surface area contributed by atoms with E-state index in [0.29, 0.717) is 22.6 Å². The van der Waals surface area contributed by atoms with Crippen molar-refractivity contribution in [1.29, 1.82) is 0 Å². The first-order valence-corrected chi connectivity index (χ1v) is 7.72. The van der Waals surface area contributed by atoms with E-state index < -0.39 is 6.23 Å². The number of thioether (sulfide) groups is 1. The van der Waals surface area contributed by atoms with Gasteiger partial charge >= 0.3 is 0 Å². The van der Waals surface area contributed by atoms with Crippen LogP contribution in [0.4, 0.5) is 5.82 Å². The van der Waals surface area contributed by atoms with Crippen LogP contribution >= 0.6 is 11.8 Å². The Hall–Kier alpha value is -1.27. The number of nitrogens with zero attached hydrogens (tertiary/aromatic N) is 3. The van der Waals surface area contributed by atoms with Gasteiger partial charge in [0.1, 0.15) is 11.6 Å². The van der Waals surface area contributed by atoms with Crippen LogP contribution in [-0.2, 0) is 0 Å². The first-order valence-electron chi connectivity index (χ1n) is 6.49. The van der Waals surface area contributed by atoms with Crippen LogP contribution in [0.15, 0.2) is 17.4 Å². The Kier molecular flexibility index (Phi) is 3.36. The zero-order valence-electron chi connectivity index (χ0n) is 10.8. The predicted octanol–water partition coefficient (Wildman–Crippen LogP) is 2.18. The van der Waals surface area contributed by atoms with Gasteiger partial charge in [0.05, 0.1) is 5.56 Å². The normalized spacial score (nSPS) is 23.4. The van der Waals surface area contributed by atoms with Gasteiger partial charge < -0.3 is 15.1 Å². The second-order valence-electron chi connectivity index (χ2n) is 4.91. The third kappa shape index (κ3) is 2.19. The molecule has 1 aromatic heterocycles. The molecule has 0 spiro atoms. The van der Waals surface area contributed by atoms with Gasteiger partial charge in [0.15, 0.2) is 11.4 Å². The molecule has 1 fully saturated rings. The topological polar surface area (TPSA) is 69.5 Å². The molecule has 0 aromatic carbocycles. The van der Waals surface area contributed by atoms with Crippen LogP contribution in [-0.4, -0.2) is 38.7 Å². The van der Waals surface area contributed by atoms with Crippen LogP contribution in [0.3, 0.4) is 0 Å². The van der Waals surface area contributed by atoms with Gasteiger partial charge in [-0.05, 0) is 19.1 Å². The Morgan fingerprint density at radius 3 is 2.79 bits per heavy atom. The van der Waals surface area contributed by atoms with Crippen LogP contribution in [0.2, 0.25) is 0 Å². The molecule has 0 amide bonds. The molecule has 1 aliphatic heterocycles. The quantitative estimate of drug-likeness (QED) is 0.639. The van der Waals surface area contributed by atoms with Crippen LogP contribution in [0.1, 0.15) is 31.2 Å². The molecule has 1 atom stereocenters. The molecule has 5 nitrogen and oxygen atoms in total. The van der Waals surface area contributed by atoms with Crippen molar-refractivity contribution >= 4 is 23.3 Å². The zero-order valence-corrected chi connectivity index (χ0v) is 11.6. The third-order valence-electron chi connectivity index (χ3n) is 3.76. The van der Waals surface area contributed by atoms with E-state index in [9.17, 15) is 10.2 Å².